The van der Waals surface area contributed by atoms with Gasteiger partial charge in [0.25, 0.3) is 0 Å². The Morgan fingerprint density at radius 2 is 2.18 bits per heavy atom. The minimum Gasteiger partial charge on any atom is -0.480 e. The summed E-state index contributed by atoms with van der Waals surface area (Å²) < 4.78 is 4.99. The molecule has 0 bridgehead atoms. The maximum Gasteiger partial charge on any atom is 0.323 e. The third-order valence-electron chi connectivity index (χ3n) is 4.26. The first-order chi connectivity index (χ1) is 8.18. The molecule has 4 heteroatoms. The third kappa shape index (κ3) is 2.99. The maximum atomic E-state index is 11.6. The van der Waals surface area contributed by atoms with E-state index >= 15 is 0 Å². The Balaban J connectivity index is 1.96. The van der Waals surface area contributed by atoms with E-state index in [1.165, 1.54) is 19.3 Å². The van der Waals surface area contributed by atoms with Gasteiger partial charge >= 0.3 is 5.97 Å². The summed E-state index contributed by atoms with van der Waals surface area (Å²) in [4.78, 5) is 11.6. The van der Waals surface area contributed by atoms with Gasteiger partial charge in [0.15, 0.2) is 0 Å². The third-order valence-corrected chi connectivity index (χ3v) is 4.26. The molecule has 0 aromatic heterocycles. The van der Waals surface area contributed by atoms with Gasteiger partial charge in [-0.25, -0.2) is 0 Å². The molecule has 4 nitrogen and oxygen atoms in total. The monoisotopic (exact) mass is 241 g/mol. The fraction of sp³-hybridized carbons (Fsp3) is 0.923. The minimum absolute atomic E-state index is 0.573. The molecule has 2 aliphatic rings. The summed E-state index contributed by atoms with van der Waals surface area (Å²) in [7, 11) is 1.64. The average Bonchev–Trinajstić information content (AvgIpc) is 3.13. The van der Waals surface area contributed by atoms with E-state index in [0.29, 0.717) is 19.1 Å². The molecule has 17 heavy (non-hydrogen) atoms. The molecule has 2 rings (SSSR count). The van der Waals surface area contributed by atoms with Crippen LogP contribution in [0.2, 0.25) is 0 Å². The highest BCUT2D eigenvalue weighted by Gasteiger charge is 2.46. The molecule has 2 fully saturated rings. The van der Waals surface area contributed by atoms with Crippen LogP contribution in [0.3, 0.4) is 0 Å². The molecule has 2 N–H and O–H groups in total. The van der Waals surface area contributed by atoms with E-state index in [1.807, 2.05) is 0 Å². The first-order valence-corrected chi connectivity index (χ1v) is 6.65. The van der Waals surface area contributed by atoms with E-state index < -0.39 is 11.5 Å². The molecule has 2 saturated carbocycles. The number of aliphatic carboxylic acids is 1. The molecular weight excluding hydrogens is 218 g/mol. The lowest BCUT2D eigenvalue weighted by molar-refractivity contribution is -0.147. The van der Waals surface area contributed by atoms with Gasteiger partial charge in [-0.05, 0) is 37.5 Å². The van der Waals surface area contributed by atoms with E-state index in [2.05, 4.69) is 5.32 Å². The number of hydrogen-bond donors (Lipinski definition) is 2. The molecule has 2 atom stereocenters. The van der Waals surface area contributed by atoms with Crippen LogP contribution in [0.15, 0.2) is 0 Å². The molecule has 98 valence electrons. The van der Waals surface area contributed by atoms with Crippen molar-refractivity contribution in [3.63, 3.8) is 0 Å². The second kappa shape index (κ2) is 5.36. The maximum absolute atomic E-state index is 11.6. The van der Waals surface area contributed by atoms with Crippen LogP contribution in [0.5, 0.6) is 0 Å². The topological polar surface area (TPSA) is 58.6 Å². The quantitative estimate of drug-likeness (QED) is 0.694. The highest BCUT2D eigenvalue weighted by molar-refractivity contribution is 5.79. The zero-order valence-electron chi connectivity index (χ0n) is 10.6. The van der Waals surface area contributed by atoms with Crippen LogP contribution in [-0.4, -0.2) is 36.9 Å². The van der Waals surface area contributed by atoms with Crippen molar-refractivity contribution in [2.45, 2.75) is 44.1 Å². The molecule has 0 aliphatic heterocycles. The van der Waals surface area contributed by atoms with Crippen molar-refractivity contribution in [2.24, 2.45) is 11.8 Å². The highest BCUT2D eigenvalue weighted by atomic mass is 16.5. The summed E-state index contributed by atoms with van der Waals surface area (Å²) in [6, 6.07) is 0. The second-order valence-corrected chi connectivity index (χ2v) is 5.50. The summed E-state index contributed by atoms with van der Waals surface area (Å²) in [5.41, 5.74) is -0.690. The number of rotatable bonds is 6. The van der Waals surface area contributed by atoms with Crippen molar-refractivity contribution >= 4 is 5.97 Å². The molecular formula is C13H23NO3. The molecule has 0 heterocycles. The summed E-state index contributed by atoms with van der Waals surface area (Å²) in [5, 5.41) is 12.7. The van der Waals surface area contributed by atoms with Gasteiger partial charge in [-0.2, -0.15) is 0 Å². The van der Waals surface area contributed by atoms with Gasteiger partial charge in [0.1, 0.15) is 5.54 Å². The van der Waals surface area contributed by atoms with E-state index in [9.17, 15) is 9.90 Å². The Morgan fingerprint density at radius 3 is 2.76 bits per heavy atom. The molecule has 0 amide bonds. The molecule has 2 unspecified atom stereocenters. The zero-order valence-corrected chi connectivity index (χ0v) is 10.6. The molecule has 0 saturated heterocycles. The Kier molecular flexibility index (Phi) is 4.05. The molecule has 0 aromatic rings. The fourth-order valence-electron chi connectivity index (χ4n) is 3.11. The second-order valence-electron chi connectivity index (χ2n) is 5.50. The van der Waals surface area contributed by atoms with Gasteiger partial charge in [-0.1, -0.05) is 12.8 Å². The minimum atomic E-state index is -0.690. The van der Waals surface area contributed by atoms with Crippen molar-refractivity contribution in [1.82, 2.24) is 5.32 Å². The lowest BCUT2D eigenvalue weighted by atomic mass is 9.73. The van der Waals surface area contributed by atoms with Gasteiger partial charge in [0.2, 0.25) is 0 Å². The summed E-state index contributed by atoms with van der Waals surface area (Å²) >= 11 is 0. The number of ether oxygens (including phenoxy) is 1. The van der Waals surface area contributed by atoms with Gasteiger partial charge in [0.05, 0.1) is 6.61 Å². The first-order valence-electron chi connectivity index (χ1n) is 6.65. The van der Waals surface area contributed by atoms with Crippen LogP contribution in [0.4, 0.5) is 0 Å². The zero-order chi connectivity index (χ0) is 12.3. The Labute approximate surface area is 103 Å². The van der Waals surface area contributed by atoms with Crippen LogP contribution < -0.4 is 5.32 Å². The smallest absolute Gasteiger partial charge is 0.323 e. The number of carboxylic acids is 1. The van der Waals surface area contributed by atoms with Crippen LogP contribution in [0.1, 0.15) is 38.5 Å². The average molecular weight is 241 g/mol. The molecule has 0 aromatic carbocycles. The van der Waals surface area contributed by atoms with Crippen molar-refractivity contribution in [2.75, 3.05) is 20.3 Å². The predicted octanol–water partition coefficient (Wildman–Crippen LogP) is 1.65. The van der Waals surface area contributed by atoms with Gasteiger partial charge in [-0.3, -0.25) is 10.1 Å². The van der Waals surface area contributed by atoms with Crippen LogP contribution >= 0.6 is 0 Å². The van der Waals surface area contributed by atoms with Crippen LogP contribution in [0.25, 0.3) is 0 Å². The van der Waals surface area contributed by atoms with Crippen molar-refractivity contribution in [1.29, 1.82) is 0 Å². The number of nitrogens with one attached hydrogen (secondary N) is 1. The number of methoxy groups -OCH3 is 1. The summed E-state index contributed by atoms with van der Waals surface area (Å²) in [6.07, 6.45) is 6.42. The fourth-order valence-corrected chi connectivity index (χ4v) is 3.11. The Morgan fingerprint density at radius 1 is 1.41 bits per heavy atom. The van der Waals surface area contributed by atoms with E-state index in [-0.39, 0.29) is 0 Å². The predicted molar refractivity (Wildman–Crippen MR) is 64.9 cm³/mol. The Hall–Kier alpha value is -0.610. The molecule has 0 radical (unpaired) electrons. The van der Waals surface area contributed by atoms with E-state index in [0.717, 1.165) is 25.2 Å². The normalized spacial score (nSPS) is 33.6. The summed E-state index contributed by atoms with van der Waals surface area (Å²) in [5.74, 6) is 0.743. The van der Waals surface area contributed by atoms with Gasteiger partial charge in [-0.15, -0.1) is 0 Å². The first kappa shape index (κ1) is 12.8. The molecule has 2 aliphatic carbocycles. The van der Waals surface area contributed by atoms with Gasteiger partial charge in [0, 0.05) is 13.7 Å². The lowest BCUT2D eigenvalue weighted by Gasteiger charge is -2.38. The highest BCUT2D eigenvalue weighted by Crippen LogP contribution is 2.46. The standard InChI is InChI=1S/C13H23NO3/c1-17-8-7-14-13(12(15)16)6-2-3-11(9-13)10-4-5-10/h10-11,14H,2-9H2,1H3,(H,15,16). The largest absolute Gasteiger partial charge is 0.480 e. The van der Waals surface area contributed by atoms with Crippen molar-refractivity contribution in [3.8, 4) is 0 Å². The van der Waals surface area contributed by atoms with Crippen LogP contribution in [0, 0.1) is 11.8 Å². The van der Waals surface area contributed by atoms with Crippen molar-refractivity contribution in [3.05, 3.63) is 0 Å². The van der Waals surface area contributed by atoms with Gasteiger partial charge < -0.3 is 9.84 Å². The van der Waals surface area contributed by atoms with E-state index in [4.69, 9.17) is 4.74 Å². The number of hydrogen-bond acceptors (Lipinski definition) is 3. The SMILES string of the molecule is COCCNC1(C(=O)O)CCCC(C2CC2)C1. The van der Waals surface area contributed by atoms with E-state index in [1.54, 1.807) is 7.11 Å². The number of carboxylic acid groups (broad SMARTS) is 1. The lowest BCUT2D eigenvalue weighted by Crippen LogP contribution is -2.55. The molecule has 0 spiro atoms. The Bertz CT molecular complexity index is 278. The van der Waals surface area contributed by atoms with Crippen molar-refractivity contribution < 1.29 is 14.6 Å². The van der Waals surface area contributed by atoms with Crippen LogP contribution in [-0.2, 0) is 9.53 Å². The number of carbonyl (C=O) groups is 1. The summed E-state index contributed by atoms with van der Waals surface area (Å²) in [6.45, 7) is 1.20.